The van der Waals surface area contributed by atoms with E-state index >= 15 is 0 Å². The Balaban J connectivity index is 1.59. The molecule has 3 rings (SSSR count). The maximum absolute atomic E-state index is 12.6. The summed E-state index contributed by atoms with van der Waals surface area (Å²) in [6, 6.07) is 4.74. The third-order valence-corrected chi connectivity index (χ3v) is 5.02. The molecule has 1 aromatic rings. The van der Waals surface area contributed by atoms with Crippen LogP contribution >= 0.6 is 0 Å². The van der Waals surface area contributed by atoms with Crippen LogP contribution in [0.4, 0.5) is 0 Å². The summed E-state index contributed by atoms with van der Waals surface area (Å²) in [5.41, 5.74) is -0.0553. The molecule has 0 atom stereocenters. The van der Waals surface area contributed by atoms with Crippen molar-refractivity contribution in [2.75, 3.05) is 13.1 Å². The van der Waals surface area contributed by atoms with Gasteiger partial charge in [0.2, 0.25) is 5.91 Å². The van der Waals surface area contributed by atoms with Gasteiger partial charge in [-0.25, -0.2) is 0 Å². The predicted octanol–water partition coefficient (Wildman–Crippen LogP) is 3.23. The molecule has 2 heterocycles. The molecule has 3 heteroatoms. The molecule has 0 N–H and O–H groups in total. The SMILES string of the molecule is CC1(C(=O)N2CCC(n3cccc3)CC2)CCCC1. The number of carbonyl (C=O) groups excluding carboxylic acids is 1. The third kappa shape index (κ3) is 2.43. The smallest absolute Gasteiger partial charge is 0.228 e. The van der Waals surface area contributed by atoms with Gasteiger partial charge in [0.05, 0.1) is 0 Å². The quantitative estimate of drug-likeness (QED) is 0.801. The van der Waals surface area contributed by atoms with Crippen LogP contribution in [-0.2, 0) is 4.79 Å². The fourth-order valence-corrected chi connectivity index (χ4v) is 3.71. The monoisotopic (exact) mass is 260 g/mol. The lowest BCUT2D eigenvalue weighted by molar-refractivity contribution is -0.142. The molecule has 1 saturated carbocycles. The number of aromatic nitrogens is 1. The van der Waals surface area contributed by atoms with Gasteiger partial charge in [-0.1, -0.05) is 19.8 Å². The Morgan fingerprint density at radius 1 is 1.11 bits per heavy atom. The van der Waals surface area contributed by atoms with Gasteiger partial charge in [0, 0.05) is 36.9 Å². The molecular formula is C16H24N2O. The zero-order valence-corrected chi connectivity index (χ0v) is 11.8. The van der Waals surface area contributed by atoms with E-state index in [1.165, 1.54) is 12.8 Å². The van der Waals surface area contributed by atoms with Gasteiger partial charge in [-0.3, -0.25) is 4.79 Å². The fraction of sp³-hybridized carbons (Fsp3) is 0.688. The number of piperidine rings is 1. The predicted molar refractivity (Wildman–Crippen MR) is 75.9 cm³/mol. The first-order valence-electron chi connectivity index (χ1n) is 7.61. The molecular weight excluding hydrogens is 236 g/mol. The van der Waals surface area contributed by atoms with E-state index in [4.69, 9.17) is 0 Å². The van der Waals surface area contributed by atoms with Crippen LogP contribution < -0.4 is 0 Å². The van der Waals surface area contributed by atoms with E-state index in [9.17, 15) is 4.79 Å². The summed E-state index contributed by atoms with van der Waals surface area (Å²) in [7, 11) is 0. The Bertz CT molecular complexity index is 424. The Kier molecular flexibility index (Phi) is 3.38. The summed E-state index contributed by atoms with van der Waals surface area (Å²) in [4.78, 5) is 14.8. The van der Waals surface area contributed by atoms with E-state index in [1.807, 2.05) is 0 Å². The number of nitrogens with zero attached hydrogens (tertiary/aromatic N) is 2. The summed E-state index contributed by atoms with van der Waals surface area (Å²) in [5, 5.41) is 0. The molecule has 3 nitrogen and oxygen atoms in total. The highest BCUT2D eigenvalue weighted by atomic mass is 16.2. The molecule has 2 fully saturated rings. The van der Waals surface area contributed by atoms with Crippen molar-refractivity contribution in [1.82, 2.24) is 9.47 Å². The molecule has 1 saturated heterocycles. The number of likely N-dealkylation sites (tertiary alicyclic amines) is 1. The van der Waals surface area contributed by atoms with E-state index in [-0.39, 0.29) is 5.41 Å². The van der Waals surface area contributed by atoms with Gasteiger partial charge in [-0.2, -0.15) is 0 Å². The molecule has 0 unspecified atom stereocenters. The molecule has 1 aromatic heterocycles. The molecule has 2 aliphatic rings. The summed E-state index contributed by atoms with van der Waals surface area (Å²) >= 11 is 0. The van der Waals surface area contributed by atoms with Gasteiger partial charge in [0.1, 0.15) is 0 Å². The topological polar surface area (TPSA) is 25.2 Å². The van der Waals surface area contributed by atoms with Crippen molar-refractivity contribution < 1.29 is 4.79 Å². The van der Waals surface area contributed by atoms with Gasteiger partial charge in [0.15, 0.2) is 0 Å². The number of hydrogen-bond acceptors (Lipinski definition) is 1. The number of carbonyl (C=O) groups is 1. The van der Waals surface area contributed by atoms with Crippen molar-refractivity contribution in [1.29, 1.82) is 0 Å². The van der Waals surface area contributed by atoms with Crippen molar-refractivity contribution in [3.63, 3.8) is 0 Å². The lowest BCUT2D eigenvalue weighted by Crippen LogP contribution is -2.45. The van der Waals surface area contributed by atoms with E-state index < -0.39 is 0 Å². The van der Waals surface area contributed by atoms with Crippen molar-refractivity contribution in [2.24, 2.45) is 5.41 Å². The van der Waals surface area contributed by atoms with Crippen LogP contribution in [0.25, 0.3) is 0 Å². The highest BCUT2D eigenvalue weighted by molar-refractivity contribution is 5.82. The molecule has 0 radical (unpaired) electrons. The first-order valence-corrected chi connectivity index (χ1v) is 7.61. The Morgan fingerprint density at radius 3 is 2.26 bits per heavy atom. The van der Waals surface area contributed by atoms with Gasteiger partial charge in [-0.05, 0) is 37.8 Å². The third-order valence-electron chi connectivity index (χ3n) is 5.02. The van der Waals surface area contributed by atoms with Crippen LogP contribution in [0.5, 0.6) is 0 Å². The molecule has 1 aliphatic heterocycles. The van der Waals surface area contributed by atoms with Crippen molar-refractivity contribution in [3.05, 3.63) is 24.5 Å². The number of rotatable bonds is 2. The maximum atomic E-state index is 12.6. The fourth-order valence-electron chi connectivity index (χ4n) is 3.71. The maximum Gasteiger partial charge on any atom is 0.228 e. The van der Waals surface area contributed by atoms with Gasteiger partial charge in [0.25, 0.3) is 0 Å². The van der Waals surface area contributed by atoms with Gasteiger partial charge in [-0.15, -0.1) is 0 Å². The first-order chi connectivity index (χ1) is 9.19. The van der Waals surface area contributed by atoms with Crippen LogP contribution in [0.2, 0.25) is 0 Å². The van der Waals surface area contributed by atoms with Gasteiger partial charge < -0.3 is 9.47 Å². The second-order valence-electron chi connectivity index (χ2n) is 6.42. The Morgan fingerprint density at radius 2 is 1.68 bits per heavy atom. The molecule has 1 amide bonds. The normalized spacial score (nSPS) is 23.7. The Labute approximate surface area is 115 Å². The zero-order valence-electron chi connectivity index (χ0n) is 11.8. The van der Waals surface area contributed by atoms with Crippen LogP contribution in [-0.4, -0.2) is 28.5 Å². The lowest BCUT2D eigenvalue weighted by atomic mass is 9.86. The molecule has 19 heavy (non-hydrogen) atoms. The minimum absolute atomic E-state index is 0.0553. The van der Waals surface area contributed by atoms with E-state index in [0.29, 0.717) is 11.9 Å². The molecule has 104 valence electrons. The average Bonchev–Trinajstić information content (AvgIpc) is 3.10. The summed E-state index contributed by atoms with van der Waals surface area (Å²) < 4.78 is 2.29. The van der Waals surface area contributed by atoms with E-state index in [1.54, 1.807) is 0 Å². The van der Waals surface area contributed by atoms with Crippen LogP contribution in [0, 0.1) is 5.41 Å². The standard InChI is InChI=1S/C16H24N2O/c1-16(8-2-3-9-16)15(19)18-12-6-14(7-13-18)17-10-4-5-11-17/h4-5,10-11,14H,2-3,6-9,12-13H2,1H3. The van der Waals surface area contributed by atoms with Crippen LogP contribution in [0.3, 0.4) is 0 Å². The van der Waals surface area contributed by atoms with Crippen LogP contribution in [0.1, 0.15) is 51.5 Å². The Hall–Kier alpha value is -1.25. The van der Waals surface area contributed by atoms with E-state index in [0.717, 1.165) is 38.8 Å². The van der Waals surface area contributed by atoms with Crippen LogP contribution in [0.15, 0.2) is 24.5 Å². The second kappa shape index (κ2) is 5.03. The summed E-state index contributed by atoms with van der Waals surface area (Å²) in [6.45, 7) is 4.02. The van der Waals surface area contributed by atoms with Crippen molar-refractivity contribution in [3.8, 4) is 0 Å². The minimum atomic E-state index is -0.0553. The first kappa shape index (κ1) is 12.8. The van der Waals surface area contributed by atoms with Crippen molar-refractivity contribution in [2.45, 2.75) is 51.5 Å². The number of amides is 1. The molecule has 0 spiro atoms. The highest BCUT2D eigenvalue weighted by Gasteiger charge is 2.39. The summed E-state index contributed by atoms with van der Waals surface area (Å²) in [6.07, 6.45) is 11.1. The zero-order chi connectivity index (χ0) is 13.3. The van der Waals surface area contributed by atoms with Crippen molar-refractivity contribution >= 4 is 5.91 Å². The summed E-state index contributed by atoms with van der Waals surface area (Å²) in [5.74, 6) is 0.413. The van der Waals surface area contributed by atoms with E-state index in [2.05, 4.69) is 40.9 Å². The lowest BCUT2D eigenvalue weighted by Gasteiger charge is -2.37. The minimum Gasteiger partial charge on any atom is -0.351 e. The number of hydrogen-bond donors (Lipinski definition) is 0. The van der Waals surface area contributed by atoms with Gasteiger partial charge >= 0.3 is 0 Å². The second-order valence-corrected chi connectivity index (χ2v) is 6.42. The average molecular weight is 260 g/mol. The highest BCUT2D eigenvalue weighted by Crippen LogP contribution is 2.40. The largest absolute Gasteiger partial charge is 0.351 e. The molecule has 0 aromatic carbocycles. The molecule has 0 bridgehead atoms. The molecule has 1 aliphatic carbocycles.